The molecule has 1 aliphatic carbocycles. The molecule has 1 aromatic heterocycles. The number of imide groups is 1. The number of nitrogens with one attached hydrogen (secondary N) is 1. The van der Waals surface area contributed by atoms with Crippen LogP contribution in [0.15, 0.2) is 41.8 Å². The van der Waals surface area contributed by atoms with Crippen molar-refractivity contribution < 1.29 is 24.0 Å². The third kappa shape index (κ3) is 4.85. The van der Waals surface area contributed by atoms with E-state index in [-0.39, 0.29) is 30.3 Å². The number of thiophene rings is 1. The first-order chi connectivity index (χ1) is 17.1. The van der Waals surface area contributed by atoms with Gasteiger partial charge in [-0.25, -0.2) is 0 Å². The summed E-state index contributed by atoms with van der Waals surface area (Å²) in [6.45, 7) is 0.445. The maximum Gasteiger partial charge on any atom is 0.261 e. The molecule has 2 aliphatic heterocycles. The summed E-state index contributed by atoms with van der Waals surface area (Å²) in [6, 6.07) is 10.8. The fourth-order valence-electron chi connectivity index (χ4n) is 5.50. The number of benzene rings is 1. The van der Waals surface area contributed by atoms with Crippen LogP contribution in [0.4, 0.5) is 0 Å². The van der Waals surface area contributed by atoms with Crippen LogP contribution < -0.4 is 10.1 Å². The highest BCUT2D eigenvalue weighted by atomic mass is 32.1. The topological polar surface area (TPSA) is 88.2 Å². The van der Waals surface area contributed by atoms with Crippen molar-refractivity contribution in [3.05, 3.63) is 52.2 Å². The van der Waals surface area contributed by atoms with E-state index < -0.39 is 18.1 Å². The zero-order chi connectivity index (χ0) is 24.4. The monoisotopic (exact) mass is 497 g/mol. The quantitative estimate of drug-likeness (QED) is 0.564. The van der Waals surface area contributed by atoms with Crippen molar-refractivity contribution in [3.63, 3.8) is 0 Å². The Morgan fingerprint density at radius 1 is 1.14 bits per heavy atom. The number of hydrogen-bond acceptors (Lipinski definition) is 7. The van der Waals surface area contributed by atoms with Gasteiger partial charge < -0.3 is 10.1 Å². The average molecular weight is 498 g/mol. The summed E-state index contributed by atoms with van der Waals surface area (Å²) < 4.78 is 5.39. The highest BCUT2D eigenvalue weighted by Crippen LogP contribution is 2.46. The number of fused-ring (bicyclic) bond motifs is 1. The Labute approximate surface area is 209 Å². The Kier molecular flexibility index (Phi) is 7.17. The summed E-state index contributed by atoms with van der Waals surface area (Å²) in [4.78, 5) is 48.5. The lowest BCUT2D eigenvalue weighted by Crippen LogP contribution is -2.45. The van der Waals surface area contributed by atoms with E-state index in [4.69, 9.17) is 9.57 Å². The van der Waals surface area contributed by atoms with E-state index in [1.165, 1.54) is 14.8 Å². The van der Waals surface area contributed by atoms with Crippen LogP contribution in [0.25, 0.3) is 0 Å². The van der Waals surface area contributed by atoms with Gasteiger partial charge in [0.25, 0.3) is 5.91 Å². The predicted molar refractivity (Wildman–Crippen MR) is 131 cm³/mol. The van der Waals surface area contributed by atoms with Crippen LogP contribution in [0.2, 0.25) is 0 Å². The molecule has 1 saturated carbocycles. The van der Waals surface area contributed by atoms with Crippen molar-refractivity contribution in [1.82, 2.24) is 15.3 Å². The molecule has 186 valence electrons. The van der Waals surface area contributed by atoms with Gasteiger partial charge in [-0.05, 0) is 48.4 Å². The zero-order valence-corrected chi connectivity index (χ0v) is 20.7. The number of amides is 3. The highest BCUT2D eigenvalue weighted by molar-refractivity contribution is 7.09. The van der Waals surface area contributed by atoms with E-state index in [1.807, 2.05) is 41.8 Å². The Morgan fingerprint density at radius 3 is 2.71 bits per heavy atom. The van der Waals surface area contributed by atoms with Gasteiger partial charge in [0.2, 0.25) is 11.8 Å². The number of likely N-dealkylation sites (tertiary alicyclic amines) is 1. The first kappa shape index (κ1) is 24.0. The highest BCUT2D eigenvalue weighted by Gasteiger charge is 2.60. The van der Waals surface area contributed by atoms with Gasteiger partial charge in [-0.15, -0.1) is 11.3 Å². The molecule has 8 nitrogen and oxygen atoms in total. The van der Waals surface area contributed by atoms with Gasteiger partial charge in [-0.3, -0.25) is 24.1 Å². The number of hydroxylamine groups is 2. The second kappa shape index (κ2) is 10.5. The summed E-state index contributed by atoms with van der Waals surface area (Å²) in [7, 11) is 1.58. The van der Waals surface area contributed by atoms with E-state index in [2.05, 4.69) is 5.32 Å². The Balaban J connectivity index is 1.35. The van der Waals surface area contributed by atoms with Crippen molar-refractivity contribution in [2.24, 2.45) is 5.92 Å². The van der Waals surface area contributed by atoms with E-state index >= 15 is 0 Å². The number of rotatable bonds is 8. The summed E-state index contributed by atoms with van der Waals surface area (Å²) in [5, 5.41) is 6.46. The largest absolute Gasteiger partial charge is 0.497 e. The smallest absolute Gasteiger partial charge is 0.261 e. The average Bonchev–Trinajstić information content (AvgIpc) is 3.57. The molecular formula is C26H31N3O5S. The zero-order valence-electron chi connectivity index (χ0n) is 19.9. The molecule has 3 unspecified atom stereocenters. The van der Waals surface area contributed by atoms with Crippen molar-refractivity contribution >= 4 is 29.1 Å². The van der Waals surface area contributed by atoms with E-state index in [0.29, 0.717) is 12.3 Å². The van der Waals surface area contributed by atoms with E-state index in [0.717, 1.165) is 44.1 Å². The fraction of sp³-hybridized carbons (Fsp3) is 0.500. The molecule has 35 heavy (non-hydrogen) atoms. The molecule has 2 saturated heterocycles. The number of carbonyl (C=O) groups excluding carboxylic acids is 3. The number of methoxy groups -OCH3 is 1. The predicted octanol–water partition coefficient (Wildman–Crippen LogP) is 3.09. The van der Waals surface area contributed by atoms with Crippen LogP contribution in [0.1, 0.15) is 48.6 Å². The van der Waals surface area contributed by atoms with Crippen LogP contribution in [0.5, 0.6) is 5.75 Å². The molecule has 3 atom stereocenters. The molecule has 9 heteroatoms. The molecule has 3 aliphatic rings. The minimum atomic E-state index is -0.903. The van der Waals surface area contributed by atoms with E-state index in [1.54, 1.807) is 18.4 Å². The third-order valence-corrected chi connectivity index (χ3v) is 8.11. The van der Waals surface area contributed by atoms with Crippen LogP contribution in [0.3, 0.4) is 0 Å². The van der Waals surface area contributed by atoms with Gasteiger partial charge >= 0.3 is 0 Å². The Bertz CT molecular complexity index is 1070. The van der Waals surface area contributed by atoms with Crippen molar-refractivity contribution in [3.8, 4) is 5.75 Å². The molecule has 1 N–H and O–H groups in total. The standard InChI is InChI=1S/C26H31N3O5S/c1-33-19-10-5-7-17(15-19)23-22-24(26(32)29(25(22)31)18-8-3-2-4-9-18)34-28(23)16-21(30)27-13-12-20-11-6-14-35-20/h5-7,10-11,14-15,18,22-24H,2-4,8-9,12-13,16H2,1H3,(H,27,30). The lowest BCUT2D eigenvalue weighted by molar-refractivity contribution is -0.183. The summed E-state index contributed by atoms with van der Waals surface area (Å²) in [5.41, 5.74) is 0.787. The van der Waals surface area contributed by atoms with Crippen LogP contribution in [0, 0.1) is 5.92 Å². The Hall–Kier alpha value is -2.75. The van der Waals surface area contributed by atoms with E-state index in [9.17, 15) is 14.4 Å². The normalized spacial score (nSPS) is 25.2. The first-order valence-electron chi connectivity index (χ1n) is 12.3. The van der Waals surface area contributed by atoms with Gasteiger partial charge in [0, 0.05) is 17.5 Å². The molecule has 2 aromatic rings. The molecule has 0 spiro atoms. The maximum atomic E-state index is 13.6. The van der Waals surface area contributed by atoms with Gasteiger partial charge in [-0.2, -0.15) is 5.06 Å². The van der Waals surface area contributed by atoms with Crippen LogP contribution >= 0.6 is 11.3 Å². The summed E-state index contributed by atoms with van der Waals surface area (Å²) in [6.07, 6.45) is 4.72. The number of nitrogens with zero attached hydrogens (tertiary/aromatic N) is 2. The molecular weight excluding hydrogens is 466 g/mol. The molecule has 0 radical (unpaired) electrons. The molecule has 3 heterocycles. The fourth-order valence-corrected chi connectivity index (χ4v) is 6.21. The van der Waals surface area contributed by atoms with Gasteiger partial charge in [0.05, 0.1) is 19.1 Å². The second-order valence-corrected chi connectivity index (χ2v) is 10.4. The van der Waals surface area contributed by atoms with Crippen molar-refractivity contribution in [2.75, 3.05) is 20.2 Å². The second-order valence-electron chi connectivity index (χ2n) is 9.37. The number of hydrogen-bond donors (Lipinski definition) is 1. The van der Waals surface area contributed by atoms with Crippen molar-refractivity contribution in [2.45, 2.75) is 56.7 Å². The van der Waals surface area contributed by atoms with Gasteiger partial charge in [0.1, 0.15) is 12.3 Å². The molecule has 0 bridgehead atoms. The minimum Gasteiger partial charge on any atom is -0.497 e. The summed E-state index contributed by atoms with van der Waals surface area (Å²) >= 11 is 1.65. The molecule has 3 fully saturated rings. The number of ether oxygens (including phenoxy) is 1. The number of carbonyl (C=O) groups is 3. The lowest BCUT2D eigenvalue weighted by atomic mass is 9.90. The third-order valence-electron chi connectivity index (χ3n) is 7.18. The summed E-state index contributed by atoms with van der Waals surface area (Å²) in [5.74, 6) is -0.721. The molecule has 1 aromatic carbocycles. The Morgan fingerprint density at radius 2 is 1.97 bits per heavy atom. The van der Waals surface area contributed by atoms with Gasteiger partial charge in [-0.1, -0.05) is 37.5 Å². The van der Waals surface area contributed by atoms with Crippen LogP contribution in [-0.4, -0.2) is 60.0 Å². The molecule has 3 amide bonds. The van der Waals surface area contributed by atoms with Crippen LogP contribution in [-0.2, 0) is 25.6 Å². The lowest BCUT2D eigenvalue weighted by Gasteiger charge is -2.32. The maximum absolute atomic E-state index is 13.6. The SMILES string of the molecule is COc1cccc(C2C3C(=O)N(C4CCCCC4)C(=O)C3ON2CC(=O)NCCc2cccs2)c1. The first-order valence-corrected chi connectivity index (χ1v) is 13.2. The van der Waals surface area contributed by atoms with Gasteiger partial charge in [0.15, 0.2) is 6.10 Å². The van der Waals surface area contributed by atoms with Crippen molar-refractivity contribution in [1.29, 1.82) is 0 Å². The minimum absolute atomic E-state index is 0.0575. The molecule has 5 rings (SSSR count).